The molecule has 0 aliphatic carbocycles. The fourth-order valence-corrected chi connectivity index (χ4v) is 1.86. The lowest BCUT2D eigenvalue weighted by atomic mass is 10.1. The number of hydrogen-bond acceptors (Lipinski definition) is 4. The van der Waals surface area contributed by atoms with Crippen LogP contribution in [0, 0.1) is 10.1 Å². The fourth-order valence-electron chi connectivity index (χ4n) is 1.62. The molecule has 0 saturated carbocycles. The third kappa shape index (κ3) is 7.27. The first-order valence-corrected chi connectivity index (χ1v) is 6.82. The van der Waals surface area contributed by atoms with E-state index in [0.29, 0.717) is 18.7 Å². The van der Waals surface area contributed by atoms with Gasteiger partial charge in [-0.2, -0.15) is 0 Å². The highest BCUT2D eigenvalue weighted by Gasteiger charge is 2.11. The summed E-state index contributed by atoms with van der Waals surface area (Å²) in [7, 11) is 0. The molecule has 0 aliphatic rings. The van der Waals surface area contributed by atoms with E-state index in [0.717, 1.165) is 13.0 Å². The maximum Gasteiger partial charge on any atom is 0.270 e. The van der Waals surface area contributed by atoms with E-state index in [1.54, 1.807) is 0 Å². The first-order valence-electron chi connectivity index (χ1n) is 6.44. The van der Waals surface area contributed by atoms with Crippen LogP contribution in [0.3, 0.4) is 0 Å². The summed E-state index contributed by atoms with van der Waals surface area (Å²) in [6.07, 6.45) is 1.16. The van der Waals surface area contributed by atoms with Crippen molar-refractivity contribution in [1.29, 1.82) is 0 Å². The number of halogens is 2. The summed E-state index contributed by atoms with van der Waals surface area (Å²) in [6.45, 7) is 4.25. The molecule has 0 spiro atoms. The second kappa shape index (κ2) is 10.4. The first-order chi connectivity index (χ1) is 9.54. The summed E-state index contributed by atoms with van der Waals surface area (Å²) in [5.41, 5.74) is 0.499. The molecule has 1 aromatic rings. The van der Waals surface area contributed by atoms with Crippen LogP contribution in [0.1, 0.15) is 18.9 Å². The standard InChI is InChI=1S/C13H18ClN3O3.ClH/c1-2-5-15-6-7-16-13(18)8-10-3-4-11(17(19)20)9-12(10)14;/h3-4,9,15H,2,5-8H2,1H3,(H,16,18);1H. The van der Waals surface area contributed by atoms with E-state index in [1.807, 2.05) is 0 Å². The van der Waals surface area contributed by atoms with Gasteiger partial charge in [-0.25, -0.2) is 0 Å². The number of rotatable bonds is 8. The summed E-state index contributed by atoms with van der Waals surface area (Å²) in [4.78, 5) is 21.7. The summed E-state index contributed by atoms with van der Waals surface area (Å²) in [6, 6.07) is 4.11. The van der Waals surface area contributed by atoms with Crippen molar-refractivity contribution in [3.8, 4) is 0 Å². The Hall–Kier alpha value is -1.37. The molecule has 0 fully saturated rings. The average Bonchev–Trinajstić information content (AvgIpc) is 2.40. The third-order valence-electron chi connectivity index (χ3n) is 2.65. The first kappa shape index (κ1) is 19.6. The lowest BCUT2D eigenvalue weighted by molar-refractivity contribution is -0.384. The number of nitro benzene ring substituents is 1. The Labute approximate surface area is 134 Å². The van der Waals surface area contributed by atoms with Gasteiger partial charge in [-0.15, -0.1) is 12.4 Å². The number of nitro groups is 1. The predicted molar refractivity (Wildman–Crippen MR) is 85.2 cm³/mol. The van der Waals surface area contributed by atoms with Crippen LogP contribution in [0.5, 0.6) is 0 Å². The van der Waals surface area contributed by atoms with Crippen LogP contribution in [0.2, 0.25) is 5.02 Å². The molecule has 0 bridgehead atoms. The lowest BCUT2D eigenvalue weighted by Crippen LogP contribution is -2.33. The number of carbonyl (C=O) groups is 1. The molecule has 1 rings (SSSR count). The lowest BCUT2D eigenvalue weighted by Gasteiger charge is -2.07. The normalized spacial score (nSPS) is 9.81. The van der Waals surface area contributed by atoms with E-state index < -0.39 is 4.92 Å². The maximum atomic E-state index is 11.7. The summed E-state index contributed by atoms with van der Waals surface area (Å²) < 4.78 is 0. The minimum absolute atomic E-state index is 0. The van der Waals surface area contributed by atoms with Crippen LogP contribution >= 0.6 is 24.0 Å². The zero-order valence-electron chi connectivity index (χ0n) is 11.7. The fraction of sp³-hybridized carbons (Fsp3) is 0.462. The van der Waals surface area contributed by atoms with Crippen LogP contribution in [0.4, 0.5) is 5.69 Å². The Balaban J connectivity index is 0.00000400. The number of hydrogen-bond donors (Lipinski definition) is 2. The van der Waals surface area contributed by atoms with Gasteiger partial charge in [0.15, 0.2) is 0 Å². The van der Waals surface area contributed by atoms with Gasteiger partial charge in [0.05, 0.1) is 16.4 Å². The summed E-state index contributed by atoms with van der Waals surface area (Å²) in [5.74, 6) is -0.154. The Bertz CT molecular complexity index is 484. The van der Waals surface area contributed by atoms with Crippen LogP contribution in [-0.2, 0) is 11.2 Å². The highest BCUT2D eigenvalue weighted by molar-refractivity contribution is 6.31. The maximum absolute atomic E-state index is 11.7. The molecule has 0 atom stereocenters. The minimum Gasteiger partial charge on any atom is -0.355 e. The molecule has 2 N–H and O–H groups in total. The van der Waals surface area contributed by atoms with Crippen molar-refractivity contribution in [2.45, 2.75) is 19.8 Å². The molecule has 21 heavy (non-hydrogen) atoms. The van der Waals surface area contributed by atoms with Gasteiger partial charge >= 0.3 is 0 Å². The van der Waals surface area contributed by atoms with Crippen molar-refractivity contribution >= 4 is 35.6 Å². The van der Waals surface area contributed by atoms with Gasteiger partial charge in [0.25, 0.3) is 5.69 Å². The molecule has 0 aliphatic heterocycles. The molecule has 118 valence electrons. The number of nitrogens with one attached hydrogen (secondary N) is 2. The molecule has 0 radical (unpaired) electrons. The topological polar surface area (TPSA) is 84.3 Å². The Morgan fingerprint density at radius 1 is 1.33 bits per heavy atom. The van der Waals surface area contributed by atoms with Gasteiger partial charge in [-0.3, -0.25) is 14.9 Å². The Morgan fingerprint density at radius 2 is 2.05 bits per heavy atom. The molecule has 1 aromatic carbocycles. The largest absolute Gasteiger partial charge is 0.355 e. The molecule has 0 unspecified atom stereocenters. The second-order valence-corrected chi connectivity index (χ2v) is 4.72. The molecule has 6 nitrogen and oxygen atoms in total. The zero-order valence-corrected chi connectivity index (χ0v) is 13.3. The van der Waals surface area contributed by atoms with Crippen molar-refractivity contribution in [2.24, 2.45) is 0 Å². The SMILES string of the molecule is CCCNCCNC(=O)Cc1ccc([N+](=O)[O-])cc1Cl.Cl. The number of benzene rings is 1. The third-order valence-corrected chi connectivity index (χ3v) is 3.00. The minimum atomic E-state index is -0.519. The van der Waals surface area contributed by atoms with Gasteiger partial charge in [-0.05, 0) is 18.5 Å². The molecule has 0 heterocycles. The van der Waals surface area contributed by atoms with E-state index in [2.05, 4.69) is 17.6 Å². The van der Waals surface area contributed by atoms with Crippen molar-refractivity contribution in [2.75, 3.05) is 19.6 Å². The highest BCUT2D eigenvalue weighted by Crippen LogP contribution is 2.22. The highest BCUT2D eigenvalue weighted by atomic mass is 35.5. The molecule has 8 heteroatoms. The number of amides is 1. The van der Waals surface area contributed by atoms with Crippen molar-refractivity contribution < 1.29 is 9.72 Å². The smallest absolute Gasteiger partial charge is 0.270 e. The molecule has 0 aromatic heterocycles. The molecular weight excluding hydrogens is 317 g/mol. The van der Waals surface area contributed by atoms with Crippen LogP contribution in [0.15, 0.2) is 18.2 Å². The van der Waals surface area contributed by atoms with E-state index in [1.165, 1.54) is 18.2 Å². The number of nitrogens with zero attached hydrogens (tertiary/aromatic N) is 1. The van der Waals surface area contributed by atoms with E-state index in [-0.39, 0.29) is 35.4 Å². The summed E-state index contributed by atoms with van der Waals surface area (Å²) >= 11 is 5.92. The van der Waals surface area contributed by atoms with E-state index in [4.69, 9.17) is 11.6 Å². The van der Waals surface area contributed by atoms with Crippen molar-refractivity contribution in [3.05, 3.63) is 38.9 Å². The Kier molecular flexibility index (Phi) is 9.69. The van der Waals surface area contributed by atoms with Crippen molar-refractivity contribution in [1.82, 2.24) is 10.6 Å². The molecule has 0 saturated heterocycles. The van der Waals surface area contributed by atoms with Gasteiger partial charge in [0.1, 0.15) is 0 Å². The molecule has 1 amide bonds. The monoisotopic (exact) mass is 335 g/mol. The van der Waals surface area contributed by atoms with Crippen LogP contribution in [-0.4, -0.2) is 30.5 Å². The average molecular weight is 336 g/mol. The van der Waals surface area contributed by atoms with Crippen LogP contribution < -0.4 is 10.6 Å². The quantitative estimate of drug-likeness (QED) is 0.433. The predicted octanol–water partition coefficient (Wildman–Crippen LogP) is 2.33. The van der Waals surface area contributed by atoms with Crippen molar-refractivity contribution in [3.63, 3.8) is 0 Å². The molecular formula is C13H19Cl2N3O3. The van der Waals surface area contributed by atoms with Gasteiger partial charge in [-0.1, -0.05) is 24.6 Å². The van der Waals surface area contributed by atoms with Gasteiger partial charge in [0.2, 0.25) is 5.91 Å². The van der Waals surface area contributed by atoms with Gasteiger partial charge < -0.3 is 10.6 Å². The van der Waals surface area contributed by atoms with E-state index >= 15 is 0 Å². The zero-order chi connectivity index (χ0) is 15.0. The number of non-ortho nitro benzene ring substituents is 1. The number of carbonyl (C=O) groups excluding carboxylic acids is 1. The summed E-state index contributed by atoms with van der Waals surface area (Å²) in [5, 5.41) is 16.7. The van der Waals surface area contributed by atoms with Gasteiger partial charge in [0, 0.05) is 25.2 Å². The second-order valence-electron chi connectivity index (χ2n) is 4.31. The Morgan fingerprint density at radius 3 is 2.62 bits per heavy atom. The van der Waals surface area contributed by atoms with Crippen LogP contribution in [0.25, 0.3) is 0 Å². The van der Waals surface area contributed by atoms with E-state index in [9.17, 15) is 14.9 Å².